The van der Waals surface area contributed by atoms with Crippen molar-refractivity contribution in [2.75, 3.05) is 16.9 Å². The number of hydrogen-bond donors (Lipinski definition) is 2. The molecule has 28 heavy (non-hydrogen) atoms. The van der Waals surface area contributed by atoms with E-state index in [2.05, 4.69) is 74.3 Å². The van der Waals surface area contributed by atoms with Crippen LogP contribution in [0, 0.1) is 0 Å². The molecule has 0 fully saturated rings. The monoisotopic (exact) mass is 372 g/mol. The molecule has 0 aromatic heterocycles. The number of phenolic OH excluding ortho intramolecular Hbond substituents is 1. The minimum absolute atomic E-state index is 0.301. The molecule has 0 saturated carbocycles. The maximum atomic E-state index is 10.7. The number of hydrogen-bond acceptors (Lipinski definition) is 3. The van der Waals surface area contributed by atoms with Gasteiger partial charge in [-0.25, -0.2) is 0 Å². The van der Waals surface area contributed by atoms with Gasteiger partial charge in [0.1, 0.15) is 5.75 Å². The summed E-state index contributed by atoms with van der Waals surface area (Å²) in [5.41, 5.74) is 8.18. The van der Waals surface area contributed by atoms with Crippen molar-refractivity contribution in [3.8, 4) is 16.9 Å². The van der Waals surface area contributed by atoms with Crippen molar-refractivity contribution in [3.63, 3.8) is 0 Å². The van der Waals surface area contributed by atoms with E-state index in [-0.39, 0.29) is 0 Å². The van der Waals surface area contributed by atoms with Gasteiger partial charge in [-0.2, -0.15) is 0 Å². The largest absolute Gasteiger partial charge is 0.506 e. The number of benzene rings is 3. The van der Waals surface area contributed by atoms with Gasteiger partial charge in [0.25, 0.3) is 0 Å². The molecule has 1 aliphatic heterocycles. The second-order valence-electron chi connectivity index (χ2n) is 8.10. The first-order chi connectivity index (χ1) is 13.5. The third-order valence-corrected chi connectivity index (χ3v) is 5.55. The lowest BCUT2D eigenvalue weighted by atomic mass is 9.85. The van der Waals surface area contributed by atoms with Gasteiger partial charge in [-0.1, -0.05) is 64.1 Å². The van der Waals surface area contributed by atoms with E-state index in [0.29, 0.717) is 24.3 Å². The number of aromatic hydroxyl groups is 1. The van der Waals surface area contributed by atoms with Crippen LogP contribution in [0.3, 0.4) is 0 Å². The van der Waals surface area contributed by atoms with Crippen molar-refractivity contribution >= 4 is 17.1 Å². The van der Waals surface area contributed by atoms with Gasteiger partial charge in [0.2, 0.25) is 0 Å². The van der Waals surface area contributed by atoms with E-state index >= 15 is 0 Å². The molecular weight excluding hydrogens is 344 g/mol. The zero-order chi connectivity index (χ0) is 19.8. The van der Waals surface area contributed by atoms with Crippen LogP contribution < -0.4 is 10.2 Å². The maximum absolute atomic E-state index is 10.7. The molecule has 1 heterocycles. The highest BCUT2D eigenvalue weighted by atomic mass is 16.3. The number of para-hydroxylation sites is 2. The fraction of sp³-hybridized carbons (Fsp3) is 0.280. The van der Waals surface area contributed by atoms with Crippen LogP contribution in [0.4, 0.5) is 17.1 Å². The summed E-state index contributed by atoms with van der Waals surface area (Å²) in [7, 11) is 0. The Morgan fingerprint density at radius 3 is 2.18 bits per heavy atom. The average Bonchev–Trinajstić information content (AvgIpc) is 3.11. The van der Waals surface area contributed by atoms with E-state index < -0.39 is 0 Å². The predicted molar refractivity (Wildman–Crippen MR) is 119 cm³/mol. The van der Waals surface area contributed by atoms with E-state index in [1.165, 1.54) is 16.7 Å². The van der Waals surface area contributed by atoms with Gasteiger partial charge in [-0.3, -0.25) is 0 Å². The summed E-state index contributed by atoms with van der Waals surface area (Å²) in [5, 5.41) is 14.1. The molecule has 0 radical (unpaired) electrons. The summed E-state index contributed by atoms with van der Waals surface area (Å²) < 4.78 is 0. The number of phenols is 1. The number of fused-ring (bicyclic) bond motifs is 1. The number of rotatable bonds is 4. The van der Waals surface area contributed by atoms with Crippen LogP contribution >= 0.6 is 0 Å². The van der Waals surface area contributed by atoms with Gasteiger partial charge < -0.3 is 15.3 Å². The summed E-state index contributed by atoms with van der Waals surface area (Å²) in [6, 6.07) is 20.8. The molecule has 0 atom stereocenters. The van der Waals surface area contributed by atoms with Crippen molar-refractivity contribution in [3.05, 3.63) is 71.8 Å². The molecular formula is C25H28N2O. The van der Waals surface area contributed by atoms with Gasteiger partial charge in [0, 0.05) is 0 Å². The average molecular weight is 373 g/mol. The number of nitrogens with zero attached hydrogens (tertiary/aromatic N) is 1. The van der Waals surface area contributed by atoms with Gasteiger partial charge in [-0.05, 0) is 58.4 Å². The van der Waals surface area contributed by atoms with Gasteiger partial charge in [0.15, 0.2) is 0 Å². The SMILES string of the molecule is CC(C)c1cccc(C(C)C)c1-c1ccc(O)c(N2CNc3ccccc32)c1. The minimum atomic E-state index is 0.301. The molecule has 0 aliphatic carbocycles. The highest BCUT2D eigenvalue weighted by Crippen LogP contribution is 2.44. The molecule has 3 aromatic carbocycles. The lowest BCUT2D eigenvalue weighted by molar-refractivity contribution is 0.476. The van der Waals surface area contributed by atoms with Crippen LogP contribution in [0.5, 0.6) is 5.75 Å². The standard InChI is InChI=1S/C25H28N2O/c1-16(2)19-8-7-9-20(17(3)4)25(19)18-12-13-24(28)23(14-18)27-15-26-21-10-5-6-11-22(21)27/h5-14,16-17,26,28H,15H2,1-4H3. The minimum Gasteiger partial charge on any atom is -0.506 e. The molecule has 3 aromatic rings. The second-order valence-corrected chi connectivity index (χ2v) is 8.10. The summed E-state index contributed by atoms with van der Waals surface area (Å²) in [5.74, 6) is 1.16. The summed E-state index contributed by atoms with van der Waals surface area (Å²) >= 11 is 0. The number of anilines is 3. The normalized spacial score (nSPS) is 13.1. The lowest BCUT2D eigenvalue weighted by Gasteiger charge is -2.23. The molecule has 3 heteroatoms. The van der Waals surface area contributed by atoms with Crippen molar-refractivity contribution in [2.24, 2.45) is 0 Å². The van der Waals surface area contributed by atoms with Crippen LogP contribution in [0.25, 0.3) is 11.1 Å². The van der Waals surface area contributed by atoms with Crippen molar-refractivity contribution < 1.29 is 5.11 Å². The topological polar surface area (TPSA) is 35.5 Å². The molecule has 0 amide bonds. The second kappa shape index (κ2) is 7.23. The first-order valence-electron chi connectivity index (χ1n) is 10.0. The molecule has 3 nitrogen and oxygen atoms in total. The van der Waals surface area contributed by atoms with Crippen LogP contribution in [-0.2, 0) is 0 Å². The van der Waals surface area contributed by atoms with E-state index in [1.807, 2.05) is 24.3 Å². The summed E-state index contributed by atoms with van der Waals surface area (Å²) in [4.78, 5) is 2.14. The lowest BCUT2D eigenvalue weighted by Crippen LogP contribution is -2.16. The molecule has 2 N–H and O–H groups in total. The highest BCUT2D eigenvalue weighted by Gasteiger charge is 2.23. The van der Waals surface area contributed by atoms with E-state index in [1.54, 1.807) is 0 Å². The number of nitrogens with one attached hydrogen (secondary N) is 1. The third-order valence-electron chi connectivity index (χ3n) is 5.55. The van der Waals surface area contributed by atoms with Gasteiger partial charge in [-0.15, -0.1) is 0 Å². The zero-order valence-electron chi connectivity index (χ0n) is 17.0. The molecule has 0 bridgehead atoms. The Morgan fingerprint density at radius 1 is 0.821 bits per heavy atom. The van der Waals surface area contributed by atoms with E-state index in [4.69, 9.17) is 0 Å². The summed E-state index contributed by atoms with van der Waals surface area (Å²) in [6.45, 7) is 9.62. The Kier molecular flexibility index (Phi) is 4.76. The van der Waals surface area contributed by atoms with Crippen LogP contribution in [0.2, 0.25) is 0 Å². The third kappa shape index (κ3) is 3.11. The predicted octanol–water partition coefficient (Wildman–Crippen LogP) is 6.83. The highest BCUT2D eigenvalue weighted by molar-refractivity contribution is 5.86. The van der Waals surface area contributed by atoms with Crippen molar-refractivity contribution in [1.29, 1.82) is 0 Å². The molecule has 0 saturated heterocycles. The molecule has 4 rings (SSSR count). The quantitative estimate of drug-likeness (QED) is 0.527. The Balaban J connectivity index is 1.88. The Hall–Kier alpha value is -2.94. The molecule has 0 spiro atoms. The Labute approximate surface area is 167 Å². The first-order valence-corrected chi connectivity index (χ1v) is 10.0. The first kappa shape index (κ1) is 18.4. The molecule has 1 aliphatic rings. The smallest absolute Gasteiger partial charge is 0.139 e. The van der Waals surface area contributed by atoms with Crippen molar-refractivity contribution in [1.82, 2.24) is 0 Å². The summed E-state index contributed by atoms with van der Waals surface area (Å²) in [6.07, 6.45) is 0. The van der Waals surface area contributed by atoms with E-state index in [0.717, 1.165) is 22.6 Å². The van der Waals surface area contributed by atoms with E-state index in [9.17, 15) is 5.11 Å². The van der Waals surface area contributed by atoms with Crippen LogP contribution in [0.1, 0.15) is 50.7 Å². The Bertz CT molecular complexity index is 981. The molecule has 0 unspecified atom stereocenters. The van der Waals surface area contributed by atoms with Crippen LogP contribution in [0.15, 0.2) is 60.7 Å². The van der Waals surface area contributed by atoms with Gasteiger partial charge in [0.05, 0.1) is 23.7 Å². The molecule has 144 valence electrons. The fourth-order valence-electron chi connectivity index (χ4n) is 4.10. The van der Waals surface area contributed by atoms with Gasteiger partial charge >= 0.3 is 0 Å². The zero-order valence-corrected chi connectivity index (χ0v) is 17.0. The van der Waals surface area contributed by atoms with Crippen molar-refractivity contribution in [2.45, 2.75) is 39.5 Å². The fourth-order valence-corrected chi connectivity index (χ4v) is 4.10. The maximum Gasteiger partial charge on any atom is 0.139 e. The van der Waals surface area contributed by atoms with Crippen LogP contribution in [-0.4, -0.2) is 11.8 Å². The Morgan fingerprint density at radius 2 is 1.50 bits per heavy atom.